The average molecular weight is 620 g/mol. The number of carbonyl (C=O) groups is 2. The molecule has 0 saturated carbocycles. The van der Waals surface area contributed by atoms with Crippen molar-refractivity contribution in [3.63, 3.8) is 0 Å². The molecule has 5 aromatic rings. The molecule has 1 fully saturated rings. The van der Waals surface area contributed by atoms with Crippen LogP contribution >= 0.6 is 27.3 Å². The first kappa shape index (κ1) is 26.1. The molecule has 1 aliphatic rings. The van der Waals surface area contributed by atoms with Gasteiger partial charge in [-0.2, -0.15) is 0 Å². The van der Waals surface area contributed by atoms with Crippen LogP contribution in [0.5, 0.6) is 0 Å². The van der Waals surface area contributed by atoms with Gasteiger partial charge in [0.2, 0.25) is 16.0 Å². The van der Waals surface area contributed by atoms with Crippen LogP contribution in [0.3, 0.4) is 0 Å². The predicted molar refractivity (Wildman–Crippen MR) is 157 cm³/mol. The highest BCUT2D eigenvalue weighted by molar-refractivity contribution is 9.10. The van der Waals surface area contributed by atoms with Gasteiger partial charge in [-0.15, -0.1) is 5.10 Å². The number of rotatable bonds is 6. The zero-order chi connectivity index (χ0) is 27.6. The van der Waals surface area contributed by atoms with Gasteiger partial charge in [0.15, 0.2) is 0 Å². The molecule has 2 amide bonds. The van der Waals surface area contributed by atoms with E-state index in [9.17, 15) is 14.0 Å². The molecular formula is C29H24BrFN6O2S. The fourth-order valence-corrected chi connectivity index (χ4v) is 5.88. The van der Waals surface area contributed by atoms with Gasteiger partial charge in [0, 0.05) is 47.5 Å². The van der Waals surface area contributed by atoms with Gasteiger partial charge in [-0.25, -0.2) is 13.9 Å². The fourth-order valence-electron chi connectivity index (χ4n) is 4.55. The zero-order valence-corrected chi connectivity index (χ0v) is 23.7. The van der Waals surface area contributed by atoms with E-state index in [0.29, 0.717) is 43.9 Å². The van der Waals surface area contributed by atoms with Crippen LogP contribution < -0.4 is 10.2 Å². The Morgan fingerprint density at radius 3 is 2.42 bits per heavy atom. The molecule has 1 saturated heterocycles. The number of carbonyl (C=O) groups excluding carboxylic acids is 2. The van der Waals surface area contributed by atoms with Gasteiger partial charge < -0.3 is 15.1 Å². The molecule has 0 atom stereocenters. The molecule has 3 heterocycles. The zero-order valence-electron chi connectivity index (χ0n) is 21.3. The van der Waals surface area contributed by atoms with E-state index in [-0.39, 0.29) is 17.6 Å². The van der Waals surface area contributed by atoms with Crippen molar-refractivity contribution in [3.05, 3.63) is 100 Å². The number of anilines is 2. The molecule has 8 nitrogen and oxygen atoms in total. The Morgan fingerprint density at radius 2 is 1.73 bits per heavy atom. The summed E-state index contributed by atoms with van der Waals surface area (Å²) in [5, 5.41) is 8.43. The van der Waals surface area contributed by atoms with Crippen LogP contribution in [0.15, 0.2) is 83.5 Å². The van der Waals surface area contributed by atoms with E-state index in [1.165, 1.54) is 23.5 Å². The molecule has 1 aliphatic heterocycles. The second kappa shape index (κ2) is 11.2. The van der Waals surface area contributed by atoms with Crippen LogP contribution in [0.1, 0.15) is 15.9 Å². The summed E-state index contributed by atoms with van der Waals surface area (Å²) in [6, 6.07) is 20.8. The van der Waals surface area contributed by atoms with E-state index in [4.69, 9.17) is 0 Å². The Hall–Kier alpha value is -4.09. The van der Waals surface area contributed by atoms with Crippen molar-refractivity contribution in [3.8, 4) is 11.3 Å². The lowest BCUT2D eigenvalue weighted by molar-refractivity contribution is -0.130. The maximum absolute atomic E-state index is 13.2. The number of nitrogens with zero attached hydrogens (tertiary/aromatic N) is 5. The number of piperazine rings is 1. The Bertz CT molecular complexity index is 1650. The minimum atomic E-state index is -0.279. The summed E-state index contributed by atoms with van der Waals surface area (Å²) in [6.45, 7) is 2.60. The third-order valence-corrected chi connectivity index (χ3v) is 8.21. The number of aromatic nitrogens is 3. The van der Waals surface area contributed by atoms with Gasteiger partial charge in [0.1, 0.15) is 5.82 Å². The Kier molecular flexibility index (Phi) is 7.31. The summed E-state index contributed by atoms with van der Waals surface area (Å²) in [7, 11) is 0. The average Bonchev–Trinajstić information content (AvgIpc) is 3.54. The first-order valence-electron chi connectivity index (χ1n) is 12.7. The summed E-state index contributed by atoms with van der Waals surface area (Å²) >= 11 is 4.88. The van der Waals surface area contributed by atoms with Crippen molar-refractivity contribution < 1.29 is 14.0 Å². The summed E-state index contributed by atoms with van der Waals surface area (Å²) in [4.78, 5) is 34.9. The highest BCUT2D eigenvalue weighted by atomic mass is 79.9. The van der Waals surface area contributed by atoms with Gasteiger partial charge in [-0.05, 0) is 60.2 Å². The number of hydrogen-bond donors (Lipinski definition) is 1. The lowest BCUT2D eigenvalue weighted by Crippen LogP contribution is -2.49. The third kappa shape index (κ3) is 5.75. The van der Waals surface area contributed by atoms with Crippen molar-refractivity contribution in [1.29, 1.82) is 0 Å². The van der Waals surface area contributed by atoms with Crippen molar-refractivity contribution in [2.45, 2.75) is 6.42 Å². The number of imidazole rings is 1. The second-order valence-corrected chi connectivity index (χ2v) is 11.3. The molecule has 0 radical (unpaired) electrons. The van der Waals surface area contributed by atoms with Crippen LogP contribution in [0, 0.1) is 5.82 Å². The molecule has 1 N–H and O–H groups in total. The molecule has 11 heteroatoms. The molecule has 0 spiro atoms. The van der Waals surface area contributed by atoms with Crippen LogP contribution in [-0.2, 0) is 11.2 Å². The summed E-state index contributed by atoms with van der Waals surface area (Å²) in [6.07, 6.45) is 2.15. The lowest BCUT2D eigenvalue weighted by atomic mass is 10.1. The van der Waals surface area contributed by atoms with E-state index in [1.54, 1.807) is 28.8 Å². The number of hydrogen-bond acceptors (Lipinski definition) is 6. The minimum absolute atomic E-state index is 0.0726. The standard InChI is InChI=1S/C29H24BrFN6O2S/c30-22-3-1-2-21(17-22)27(39)32-24-10-4-19(5-11-24)16-26(38)35-12-14-36(15-13-35)29-34-37-18-25(33-28(37)40-29)20-6-8-23(31)9-7-20/h1-11,17-18H,12-16H2,(H,32,39). The van der Waals surface area contributed by atoms with E-state index in [1.807, 2.05) is 47.5 Å². The topological polar surface area (TPSA) is 82.8 Å². The smallest absolute Gasteiger partial charge is 0.255 e. The number of halogens is 2. The molecule has 0 aliphatic carbocycles. The van der Waals surface area contributed by atoms with Gasteiger partial charge in [0.05, 0.1) is 18.3 Å². The Labute approximate surface area is 242 Å². The maximum atomic E-state index is 13.2. The van der Waals surface area contributed by atoms with Gasteiger partial charge in [-0.3, -0.25) is 9.59 Å². The molecule has 202 valence electrons. The normalized spacial score (nSPS) is 13.6. The number of benzene rings is 3. The molecule has 40 heavy (non-hydrogen) atoms. The van der Waals surface area contributed by atoms with Crippen LogP contribution in [0.4, 0.5) is 15.2 Å². The van der Waals surface area contributed by atoms with Crippen molar-refractivity contribution in [2.24, 2.45) is 0 Å². The first-order chi connectivity index (χ1) is 19.4. The maximum Gasteiger partial charge on any atom is 0.255 e. The van der Waals surface area contributed by atoms with E-state index in [0.717, 1.165) is 31.4 Å². The highest BCUT2D eigenvalue weighted by Crippen LogP contribution is 2.27. The van der Waals surface area contributed by atoms with Crippen molar-refractivity contribution in [2.75, 3.05) is 36.4 Å². The molecule has 3 aromatic carbocycles. The number of amides is 2. The first-order valence-corrected chi connectivity index (χ1v) is 14.3. The van der Waals surface area contributed by atoms with Crippen LogP contribution in [0.25, 0.3) is 16.2 Å². The fraction of sp³-hybridized carbons (Fsp3) is 0.172. The van der Waals surface area contributed by atoms with Gasteiger partial charge in [0.25, 0.3) is 5.91 Å². The Morgan fingerprint density at radius 1 is 0.975 bits per heavy atom. The van der Waals surface area contributed by atoms with Crippen LogP contribution in [0.2, 0.25) is 0 Å². The van der Waals surface area contributed by atoms with Crippen molar-refractivity contribution >= 4 is 54.9 Å². The molecule has 0 unspecified atom stereocenters. The largest absolute Gasteiger partial charge is 0.343 e. The SMILES string of the molecule is O=C(Nc1ccc(CC(=O)N2CCN(c3nn4cc(-c5ccc(F)cc5)nc4s3)CC2)cc1)c1cccc(Br)c1. The monoisotopic (exact) mass is 618 g/mol. The van der Waals surface area contributed by atoms with Gasteiger partial charge >= 0.3 is 0 Å². The highest BCUT2D eigenvalue weighted by Gasteiger charge is 2.24. The minimum Gasteiger partial charge on any atom is -0.343 e. The molecule has 0 bridgehead atoms. The Balaban J connectivity index is 1.01. The quantitative estimate of drug-likeness (QED) is 0.272. The summed E-state index contributed by atoms with van der Waals surface area (Å²) < 4.78 is 15.8. The third-order valence-electron chi connectivity index (χ3n) is 6.73. The molecule has 2 aromatic heterocycles. The van der Waals surface area contributed by atoms with Gasteiger partial charge in [-0.1, -0.05) is 45.5 Å². The number of nitrogens with one attached hydrogen (secondary N) is 1. The number of fused-ring (bicyclic) bond motifs is 1. The predicted octanol–water partition coefficient (Wildman–Crippen LogP) is 5.50. The summed E-state index contributed by atoms with van der Waals surface area (Å²) in [5.41, 5.74) is 3.73. The second-order valence-electron chi connectivity index (χ2n) is 9.45. The van der Waals surface area contributed by atoms with E-state index in [2.05, 4.69) is 36.2 Å². The molecule has 6 rings (SSSR count). The van der Waals surface area contributed by atoms with Crippen molar-refractivity contribution in [1.82, 2.24) is 19.5 Å². The van der Waals surface area contributed by atoms with Crippen LogP contribution in [-0.4, -0.2) is 57.5 Å². The molecular weight excluding hydrogens is 595 g/mol. The summed E-state index contributed by atoms with van der Waals surface area (Å²) in [5.74, 6) is -0.396. The lowest BCUT2D eigenvalue weighted by Gasteiger charge is -2.34. The van der Waals surface area contributed by atoms with E-state index >= 15 is 0 Å². The van der Waals surface area contributed by atoms with E-state index < -0.39 is 0 Å².